The molecule has 1 nitrogen and oxygen atoms in total. The lowest BCUT2D eigenvalue weighted by atomic mass is 10.0. The molecule has 1 aromatic carbocycles. The molecule has 0 radical (unpaired) electrons. The standard InChI is InChI=1S/C11H12ClN/c1-3-8-5-9-10(12)6-13-11(9)4-7(8)2/h4-6,13H,3H2,1-2H3. The van der Waals surface area contributed by atoms with Gasteiger partial charge in [-0.05, 0) is 36.6 Å². The molecule has 0 saturated carbocycles. The molecular formula is C11H12ClN. The maximum Gasteiger partial charge on any atom is 0.0659 e. The fourth-order valence-electron chi connectivity index (χ4n) is 1.67. The number of aromatic amines is 1. The second-order valence-corrected chi connectivity index (χ2v) is 3.72. The highest BCUT2D eigenvalue weighted by molar-refractivity contribution is 6.35. The zero-order valence-corrected chi connectivity index (χ0v) is 8.57. The number of fused-ring (bicyclic) bond motifs is 1. The molecule has 0 unspecified atom stereocenters. The van der Waals surface area contributed by atoms with Gasteiger partial charge in [0.05, 0.1) is 5.02 Å². The number of hydrogen-bond acceptors (Lipinski definition) is 0. The molecule has 0 spiro atoms. The molecule has 0 aliphatic carbocycles. The predicted molar refractivity (Wildman–Crippen MR) is 57.4 cm³/mol. The van der Waals surface area contributed by atoms with E-state index in [2.05, 4.69) is 31.0 Å². The van der Waals surface area contributed by atoms with Gasteiger partial charge in [0, 0.05) is 17.1 Å². The Kier molecular flexibility index (Phi) is 2.04. The van der Waals surface area contributed by atoms with Gasteiger partial charge >= 0.3 is 0 Å². The minimum atomic E-state index is 0.810. The SMILES string of the molecule is CCc1cc2c(Cl)c[nH]c2cc1C. The summed E-state index contributed by atoms with van der Waals surface area (Å²) in [6, 6.07) is 4.32. The van der Waals surface area contributed by atoms with Gasteiger partial charge in [-0.2, -0.15) is 0 Å². The largest absolute Gasteiger partial charge is 0.360 e. The summed E-state index contributed by atoms with van der Waals surface area (Å²) in [5.74, 6) is 0. The molecule has 0 fully saturated rings. The van der Waals surface area contributed by atoms with Crippen molar-refractivity contribution in [1.29, 1.82) is 0 Å². The number of aromatic nitrogens is 1. The molecule has 2 heteroatoms. The summed E-state index contributed by atoms with van der Waals surface area (Å²) in [6.07, 6.45) is 2.90. The van der Waals surface area contributed by atoms with E-state index in [-0.39, 0.29) is 0 Å². The normalized spacial score (nSPS) is 11.0. The number of aryl methyl sites for hydroxylation is 2. The van der Waals surface area contributed by atoms with Gasteiger partial charge in [0.1, 0.15) is 0 Å². The maximum atomic E-state index is 6.02. The molecular weight excluding hydrogens is 182 g/mol. The third kappa shape index (κ3) is 1.33. The van der Waals surface area contributed by atoms with E-state index in [9.17, 15) is 0 Å². The van der Waals surface area contributed by atoms with E-state index in [1.54, 1.807) is 0 Å². The Hall–Kier alpha value is -0.950. The lowest BCUT2D eigenvalue weighted by molar-refractivity contribution is 1.12. The Labute approximate surface area is 82.7 Å². The second kappa shape index (κ2) is 3.08. The molecule has 13 heavy (non-hydrogen) atoms. The van der Waals surface area contributed by atoms with Gasteiger partial charge in [-0.3, -0.25) is 0 Å². The van der Waals surface area contributed by atoms with E-state index >= 15 is 0 Å². The first-order valence-corrected chi connectivity index (χ1v) is 4.86. The summed E-state index contributed by atoms with van der Waals surface area (Å²) in [5.41, 5.74) is 3.82. The maximum absolute atomic E-state index is 6.02. The van der Waals surface area contributed by atoms with Crippen LogP contribution in [0.5, 0.6) is 0 Å². The van der Waals surface area contributed by atoms with Crippen molar-refractivity contribution in [3.8, 4) is 0 Å². The van der Waals surface area contributed by atoms with Gasteiger partial charge in [0.15, 0.2) is 0 Å². The molecule has 0 atom stereocenters. The second-order valence-electron chi connectivity index (χ2n) is 3.31. The summed E-state index contributed by atoms with van der Waals surface area (Å²) in [4.78, 5) is 3.15. The van der Waals surface area contributed by atoms with E-state index in [4.69, 9.17) is 11.6 Å². The van der Waals surface area contributed by atoms with Gasteiger partial charge < -0.3 is 4.98 Å². The molecule has 0 saturated heterocycles. The molecule has 0 amide bonds. The Morgan fingerprint density at radius 1 is 1.38 bits per heavy atom. The van der Waals surface area contributed by atoms with E-state index < -0.39 is 0 Å². The Morgan fingerprint density at radius 2 is 2.15 bits per heavy atom. The topological polar surface area (TPSA) is 15.8 Å². The molecule has 2 rings (SSSR count). The molecule has 1 aromatic heterocycles. The third-order valence-electron chi connectivity index (χ3n) is 2.47. The van der Waals surface area contributed by atoms with Crippen LogP contribution in [0.4, 0.5) is 0 Å². The average molecular weight is 194 g/mol. The first-order chi connectivity index (χ1) is 6.22. The highest BCUT2D eigenvalue weighted by atomic mass is 35.5. The first-order valence-electron chi connectivity index (χ1n) is 4.48. The van der Waals surface area contributed by atoms with Gasteiger partial charge in [-0.25, -0.2) is 0 Å². The van der Waals surface area contributed by atoms with Crippen LogP contribution in [0.15, 0.2) is 18.3 Å². The highest BCUT2D eigenvalue weighted by Crippen LogP contribution is 2.26. The molecule has 1 N–H and O–H groups in total. The van der Waals surface area contributed by atoms with Gasteiger partial charge in [0.2, 0.25) is 0 Å². The van der Waals surface area contributed by atoms with Crippen molar-refractivity contribution in [3.05, 3.63) is 34.5 Å². The van der Waals surface area contributed by atoms with Crippen LogP contribution in [-0.2, 0) is 6.42 Å². The van der Waals surface area contributed by atoms with Crippen molar-refractivity contribution in [2.24, 2.45) is 0 Å². The number of H-pyrrole nitrogens is 1. The molecule has 68 valence electrons. The van der Waals surface area contributed by atoms with Crippen molar-refractivity contribution >= 4 is 22.5 Å². The fraction of sp³-hybridized carbons (Fsp3) is 0.273. The predicted octanol–water partition coefficient (Wildman–Crippen LogP) is 3.69. The number of nitrogens with one attached hydrogen (secondary N) is 1. The number of hydrogen-bond donors (Lipinski definition) is 1. The van der Waals surface area contributed by atoms with E-state index in [0.29, 0.717) is 0 Å². The summed E-state index contributed by atoms with van der Waals surface area (Å²) in [6.45, 7) is 4.29. The van der Waals surface area contributed by atoms with Crippen LogP contribution in [0, 0.1) is 6.92 Å². The van der Waals surface area contributed by atoms with Crippen LogP contribution < -0.4 is 0 Å². The molecule has 0 bridgehead atoms. The molecule has 0 aliphatic heterocycles. The van der Waals surface area contributed by atoms with E-state index in [1.807, 2.05) is 6.20 Å². The average Bonchev–Trinajstić information content (AvgIpc) is 2.46. The quantitative estimate of drug-likeness (QED) is 0.711. The summed E-state index contributed by atoms with van der Waals surface area (Å²) < 4.78 is 0. The summed E-state index contributed by atoms with van der Waals surface area (Å²) in [5, 5.41) is 1.94. The minimum absolute atomic E-state index is 0.810. The van der Waals surface area contributed by atoms with Crippen LogP contribution in [0.2, 0.25) is 5.02 Å². The van der Waals surface area contributed by atoms with Gasteiger partial charge in [0.25, 0.3) is 0 Å². The van der Waals surface area contributed by atoms with E-state index in [1.165, 1.54) is 11.1 Å². The highest BCUT2D eigenvalue weighted by Gasteiger charge is 2.04. The van der Waals surface area contributed by atoms with Crippen LogP contribution in [0.3, 0.4) is 0 Å². The number of halogens is 1. The molecule has 2 aromatic rings. The smallest absolute Gasteiger partial charge is 0.0659 e. The number of benzene rings is 1. The Balaban J connectivity index is 2.77. The van der Waals surface area contributed by atoms with Crippen LogP contribution in [-0.4, -0.2) is 4.98 Å². The number of rotatable bonds is 1. The van der Waals surface area contributed by atoms with Gasteiger partial charge in [-0.15, -0.1) is 0 Å². The summed E-state index contributed by atoms with van der Waals surface area (Å²) in [7, 11) is 0. The lowest BCUT2D eigenvalue weighted by Crippen LogP contribution is -1.85. The van der Waals surface area contributed by atoms with Crippen molar-refractivity contribution in [1.82, 2.24) is 4.98 Å². The van der Waals surface area contributed by atoms with Crippen LogP contribution >= 0.6 is 11.6 Å². The lowest BCUT2D eigenvalue weighted by Gasteiger charge is -2.02. The third-order valence-corrected chi connectivity index (χ3v) is 2.78. The molecule has 1 heterocycles. The zero-order valence-electron chi connectivity index (χ0n) is 7.82. The van der Waals surface area contributed by atoms with Crippen molar-refractivity contribution < 1.29 is 0 Å². The Morgan fingerprint density at radius 3 is 2.85 bits per heavy atom. The van der Waals surface area contributed by atoms with Gasteiger partial charge in [-0.1, -0.05) is 18.5 Å². The minimum Gasteiger partial charge on any atom is -0.360 e. The van der Waals surface area contributed by atoms with Crippen molar-refractivity contribution in [2.45, 2.75) is 20.3 Å². The van der Waals surface area contributed by atoms with E-state index in [0.717, 1.165) is 22.3 Å². The first kappa shape index (κ1) is 8.64. The van der Waals surface area contributed by atoms with Crippen molar-refractivity contribution in [2.75, 3.05) is 0 Å². The van der Waals surface area contributed by atoms with Crippen LogP contribution in [0.1, 0.15) is 18.1 Å². The van der Waals surface area contributed by atoms with Crippen LogP contribution in [0.25, 0.3) is 10.9 Å². The zero-order chi connectivity index (χ0) is 9.42. The monoisotopic (exact) mass is 193 g/mol. The van der Waals surface area contributed by atoms with Crippen molar-refractivity contribution in [3.63, 3.8) is 0 Å². The fourth-order valence-corrected chi connectivity index (χ4v) is 1.88. The Bertz CT molecular complexity index is 443. The molecule has 0 aliphatic rings. The summed E-state index contributed by atoms with van der Waals surface area (Å²) >= 11 is 6.02.